The van der Waals surface area contributed by atoms with Crippen LogP contribution in [0.1, 0.15) is 12.2 Å². The lowest BCUT2D eigenvalue weighted by Gasteiger charge is -2.25. The van der Waals surface area contributed by atoms with Crippen LogP contribution < -0.4 is 14.4 Å². The molecule has 0 atom stereocenters. The van der Waals surface area contributed by atoms with Gasteiger partial charge >= 0.3 is 6.18 Å². The number of alkyl halides is 3. The average Bonchev–Trinajstić information content (AvgIpc) is 3.09. The van der Waals surface area contributed by atoms with Crippen LogP contribution in [0.15, 0.2) is 47.4 Å². The maximum Gasteiger partial charge on any atom is 0.451 e. The SMILES string of the molecule is O=S(=O)(c1ccc2c(c1)OCCO2)N1CCCN(c2nc(C(F)(F)F)nc3ccccc23)CC1. The summed E-state index contributed by atoms with van der Waals surface area (Å²) in [5.74, 6) is -0.207. The van der Waals surface area contributed by atoms with Crippen LogP contribution in [0.5, 0.6) is 11.5 Å². The van der Waals surface area contributed by atoms with Gasteiger partial charge in [0.25, 0.3) is 0 Å². The molecule has 2 aromatic carbocycles. The number of aromatic nitrogens is 2. The molecular weight excluding hydrogens is 473 g/mol. The summed E-state index contributed by atoms with van der Waals surface area (Å²) in [6.45, 7) is 1.59. The van der Waals surface area contributed by atoms with Gasteiger partial charge in [-0.25, -0.2) is 18.4 Å². The number of fused-ring (bicyclic) bond motifs is 2. The van der Waals surface area contributed by atoms with Gasteiger partial charge in [0.05, 0.1) is 10.4 Å². The molecule has 12 heteroatoms. The molecule has 5 rings (SSSR count). The number of para-hydroxylation sites is 1. The maximum absolute atomic E-state index is 13.4. The van der Waals surface area contributed by atoms with E-state index in [1.165, 1.54) is 22.5 Å². The summed E-state index contributed by atoms with van der Waals surface area (Å²) in [6.07, 6.45) is -4.28. The third-order valence-corrected chi connectivity index (χ3v) is 7.64. The fourth-order valence-corrected chi connectivity index (χ4v) is 5.59. The third-order valence-electron chi connectivity index (χ3n) is 5.74. The molecule has 0 aliphatic carbocycles. The van der Waals surface area contributed by atoms with E-state index in [1.807, 2.05) is 0 Å². The summed E-state index contributed by atoms with van der Waals surface area (Å²) in [7, 11) is -3.84. The largest absolute Gasteiger partial charge is 0.486 e. The van der Waals surface area contributed by atoms with Crippen LogP contribution in [0.25, 0.3) is 10.9 Å². The Kier molecular flexibility index (Phi) is 5.72. The van der Waals surface area contributed by atoms with Gasteiger partial charge in [0.2, 0.25) is 15.8 Å². The summed E-state index contributed by atoms with van der Waals surface area (Å²) in [6, 6.07) is 11.0. The Morgan fingerprint density at radius 3 is 2.44 bits per heavy atom. The molecule has 8 nitrogen and oxygen atoms in total. The molecule has 1 aromatic heterocycles. The van der Waals surface area contributed by atoms with Gasteiger partial charge in [-0.1, -0.05) is 12.1 Å². The summed E-state index contributed by atoms with van der Waals surface area (Å²) in [5, 5.41) is 0.485. The predicted octanol–water partition coefficient (Wildman–Crippen LogP) is 3.32. The summed E-state index contributed by atoms with van der Waals surface area (Å²) >= 11 is 0. The van der Waals surface area contributed by atoms with E-state index in [4.69, 9.17) is 9.47 Å². The molecule has 1 fully saturated rings. The molecule has 0 spiro atoms. The van der Waals surface area contributed by atoms with E-state index in [2.05, 4.69) is 9.97 Å². The van der Waals surface area contributed by atoms with Crippen molar-refractivity contribution >= 4 is 26.7 Å². The Bertz CT molecular complexity index is 1330. The number of nitrogens with zero attached hydrogens (tertiary/aromatic N) is 4. The van der Waals surface area contributed by atoms with Gasteiger partial charge in [0.15, 0.2) is 11.5 Å². The van der Waals surface area contributed by atoms with Crippen LogP contribution in [0.4, 0.5) is 19.0 Å². The molecule has 34 heavy (non-hydrogen) atoms. The van der Waals surface area contributed by atoms with Crippen LogP contribution in [0.2, 0.25) is 0 Å². The lowest BCUT2D eigenvalue weighted by molar-refractivity contribution is -0.144. The molecule has 2 aliphatic heterocycles. The lowest BCUT2D eigenvalue weighted by atomic mass is 10.2. The van der Waals surface area contributed by atoms with Crippen LogP contribution in [0.3, 0.4) is 0 Å². The molecule has 0 bridgehead atoms. The molecule has 0 radical (unpaired) electrons. The van der Waals surface area contributed by atoms with E-state index in [9.17, 15) is 21.6 Å². The minimum Gasteiger partial charge on any atom is -0.486 e. The van der Waals surface area contributed by atoms with Crippen molar-refractivity contribution in [1.82, 2.24) is 14.3 Å². The second-order valence-electron chi connectivity index (χ2n) is 7.94. The quantitative estimate of drug-likeness (QED) is 0.552. The van der Waals surface area contributed by atoms with Gasteiger partial charge in [0.1, 0.15) is 19.0 Å². The monoisotopic (exact) mass is 494 g/mol. The highest BCUT2D eigenvalue weighted by Gasteiger charge is 2.36. The first-order chi connectivity index (χ1) is 16.2. The zero-order valence-corrected chi connectivity index (χ0v) is 18.8. The van der Waals surface area contributed by atoms with Crippen LogP contribution >= 0.6 is 0 Å². The number of hydrogen-bond donors (Lipinski definition) is 0. The van der Waals surface area contributed by atoms with Crippen molar-refractivity contribution in [2.24, 2.45) is 0 Å². The Morgan fingerprint density at radius 2 is 1.65 bits per heavy atom. The van der Waals surface area contributed by atoms with Crippen molar-refractivity contribution in [2.75, 3.05) is 44.3 Å². The van der Waals surface area contributed by atoms with E-state index in [0.29, 0.717) is 43.1 Å². The van der Waals surface area contributed by atoms with Crippen molar-refractivity contribution in [3.05, 3.63) is 48.3 Å². The van der Waals surface area contributed by atoms with Crippen molar-refractivity contribution in [3.8, 4) is 11.5 Å². The molecule has 0 saturated carbocycles. The number of ether oxygens (including phenoxy) is 2. The fraction of sp³-hybridized carbons (Fsp3) is 0.364. The smallest absolute Gasteiger partial charge is 0.451 e. The van der Waals surface area contributed by atoms with E-state index in [-0.39, 0.29) is 35.9 Å². The van der Waals surface area contributed by atoms with E-state index >= 15 is 0 Å². The van der Waals surface area contributed by atoms with E-state index in [1.54, 1.807) is 29.2 Å². The first-order valence-corrected chi connectivity index (χ1v) is 12.2. The summed E-state index contributed by atoms with van der Waals surface area (Å²) < 4.78 is 79.2. The third kappa shape index (κ3) is 4.23. The maximum atomic E-state index is 13.4. The number of halogens is 3. The van der Waals surface area contributed by atoms with Crippen LogP contribution in [-0.4, -0.2) is 62.1 Å². The lowest BCUT2D eigenvalue weighted by Crippen LogP contribution is -2.35. The van der Waals surface area contributed by atoms with Crippen LogP contribution in [-0.2, 0) is 16.2 Å². The molecule has 180 valence electrons. The average molecular weight is 494 g/mol. The zero-order chi connectivity index (χ0) is 23.9. The highest BCUT2D eigenvalue weighted by Crippen LogP contribution is 2.34. The number of rotatable bonds is 3. The van der Waals surface area contributed by atoms with Crippen molar-refractivity contribution in [1.29, 1.82) is 0 Å². The summed E-state index contributed by atoms with van der Waals surface area (Å²) in [5.41, 5.74) is 0.185. The molecular formula is C22H21F3N4O4S. The Balaban J connectivity index is 1.43. The normalized spacial score (nSPS) is 17.6. The number of anilines is 1. The molecule has 3 aromatic rings. The Labute approximate surface area is 194 Å². The first-order valence-electron chi connectivity index (χ1n) is 10.7. The molecule has 0 N–H and O–H groups in total. The second kappa shape index (κ2) is 8.58. The van der Waals surface area contributed by atoms with Crippen molar-refractivity contribution < 1.29 is 31.1 Å². The highest BCUT2D eigenvalue weighted by atomic mass is 32.2. The van der Waals surface area contributed by atoms with Gasteiger partial charge < -0.3 is 14.4 Å². The summed E-state index contributed by atoms with van der Waals surface area (Å²) in [4.78, 5) is 9.26. The van der Waals surface area contributed by atoms with E-state index in [0.717, 1.165) is 0 Å². The van der Waals surface area contributed by atoms with Gasteiger partial charge in [0, 0.05) is 37.6 Å². The standard InChI is InChI=1S/C22H21F3N4O4S/c23-22(24,25)21-26-17-5-2-1-4-16(17)20(27-21)28-8-3-9-29(11-10-28)34(30,31)15-6-7-18-19(14-15)33-13-12-32-18/h1-2,4-7,14H,3,8-13H2. The fourth-order valence-electron chi connectivity index (χ4n) is 4.11. The minimum absolute atomic E-state index is 0.0806. The first kappa shape index (κ1) is 22.7. The number of benzene rings is 2. The Morgan fingerprint density at radius 1 is 0.882 bits per heavy atom. The van der Waals surface area contributed by atoms with Gasteiger partial charge in [-0.05, 0) is 30.7 Å². The number of hydrogen-bond acceptors (Lipinski definition) is 7. The highest BCUT2D eigenvalue weighted by molar-refractivity contribution is 7.89. The topological polar surface area (TPSA) is 84.9 Å². The van der Waals surface area contributed by atoms with Crippen molar-refractivity contribution in [3.63, 3.8) is 0 Å². The van der Waals surface area contributed by atoms with Crippen molar-refractivity contribution in [2.45, 2.75) is 17.5 Å². The number of sulfonamides is 1. The molecule has 0 amide bonds. The zero-order valence-electron chi connectivity index (χ0n) is 18.0. The van der Waals surface area contributed by atoms with Gasteiger partial charge in [-0.15, -0.1) is 0 Å². The van der Waals surface area contributed by atoms with Gasteiger partial charge in [-0.3, -0.25) is 0 Å². The van der Waals surface area contributed by atoms with E-state index < -0.39 is 22.0 Å². The van der Waals surface area contributed by atoms with Gasteiger partial charge in [-0.2, -0.15) is 17.5 Å². The molecule has 2 aliphatic rings. The molecule has 3 heterocycles. The molecule has 0 unspecified atom stereocenters. The Hall–Kier alpha value is -3.12. The minimum atomic E-state index is -4.70. The second-order valence-corrected chi connectivity index (χ2v) is 9.87. The van der Waals surface area contributed by atoms with Crippen LogP contribution in [0, 0.1) is 0 Å². The molecule has 1 saturated heterocycles. The predicted molar refractivity (Wildman–Crippen MR) is 118 cm³/mol.